The first-order valence-electron chi connectivity index (χ1n) is 6.71. The minimum atomic E-state index is -4.30. The monoisotopic (exact) mass is 368 g/mol. The van der Waals surface area contributed by atoms with Gasteiger partial charge in [-0.05, 0) is 43.3 Å². The summed E-state index contributed by atoms with van der Waals surface area (Å²) in [6.07, 6.45) is -3.40. The second-order valence-corrected chi connectivity index (χ2v) is 5.43. The summed E-state index contributed by atoms with van der Waals surface area (Å²) in [5.74, 6) is 0. The molecule has 0 aromatic heterocycles. The highest BCUT2D eigenvalue weighted by molar-refractivity contribution is 9.10. The van der Waals surface area contributed by atoms with Gasteiger partial charge in [-0.1, -0.05) is 15.9 Å². The third-order valence-corrected chi connectivity index (χ3v) is 3.65. The molecule has 3 nitrogen and oxygen atoms in total. The van der Waals surface area contributed by atoms with E-state index in [4.69, 9.17) is 4.74 Å². The lowest BCUT2D eigenvalue weighted by atomic mass is 10.1. The second-order valence-electron chi connectivity index (χ2n) is 4.58. The molecule has 0 bridgehead atoms. The van der Waals surface area contributed by atoms with Gasteiger partial charge in [0.15, 0.2) is 0 Å². The number of methoxy groups -OCH3 is 1. The zero-order valence-corrected chi connectivity index (χ0v) is 13.5. The number of halogens is 4. The van der Waals surface area contributed by atoms with E-state index in [0.29, 0.717) is 23.2 Å². The van der Waals surface area contributed by atoms with Crippen molar-refractivity contribution < 1.29 is 17.9 Å². The lowest BCUT2D eigenvalue weighted by Crippen LogP contribution is -2.24. The van der Waals surface area contributed by atoms with Gasteiger partial charge >= 0.3 is 6.18 Å². The standard InChI is InChI=1S/C14H20BrF3N2O/c1-21-8-7-19-5-2-6-20-10-11-9-12(14(16,17)18)3-4-13(11)15/h3-4,9,19-20H,2,5-8,10H2,1H3. The van der Waals surface area contributed by atoms with Crippen LogP contribution in [-0.4, -0.2) is 33.4 Å². The quantitative estimate of drug-likeness (QED) is 0.656. The van der Waals surface area contributed by atoms with Crippen molar-refractivity contribution in [2.75, 3.05) is 33.4 Å². The highest BCUT2D eigenvalue weighted by Crippen LogP contribution is 2.31. The van der Waals surface area contributed by atoms with Gasteiger partial charge in [0.2, 0.25) is 0 Å². The van der Waals surface area contributed by atoms with Crippen LogP contribution in [0.3, 0.4) is 0 Å². The molecule has 0 unspecified atom stereocenters. The van der Waals surface area contributed by atoms with Crippen LogP contribution in [0.5, 0.6) is 0 Å². The number of nitrogens with one attached hydrogen (secondary N) is 2. The molecular formula is C14H20BrF3N2O. The van der Waals surface area contributed by atoms with Crippen molar-refractivity contribution >= 4 is 15.9 Å². The van der Waals surface area contributed by atoms with Gasteiger partial charge in [-0.2, -0.15) is 13.2 Å². The largest absolute Gasteiger partial charge is 0.416 e. The van der Waals surface area contributed by atoms with Crippen LogP contribution in [0.1, 0.15) is 17.5 Å². The summed E-state index contributed by atoms with van der Waals surface area (Å²) in [7, 11) is 1.65. The molecule has 21 heavy (non-hydrogen) atoms. The molecule has 0 aliphatic heterocycles. The molecule has 1 aromatic rings. The fourth-order valence-electron chi connectivity index (χ4n) is 1.75. The number of hydrogen-bond acceptors (Lipinski definition) is 3. The SMILES string of the molecule is COCCNCCCNCc1cc(C(F)(F)F)ccc1Br. The number of benzene rings is 1. The van der Waals surface area contributed by atoms with Crippen LogP contribution in [0, 0.1) is 0 Å². The van der Waals surface area contributed by atoms with Crippen molar-refractivity contribution in [3.05, 3.63) is 33.8 Å². The first-order chi connectivity index (χ1) is 9.95. The molecule has 0 aliphatic carbocycles. The maximum Gasteiger partial charge on any atom is 0.416 e. The van der Waals surface area contributed by atoms with E-state index >= 15 is 0 Å². The summed E-state index contributed by atoms with van der Waals surface area (Å²) in [6.45, 7) is 3.46. The maximum atomic E-state index is 12.6. The maximum absolute atomic E-state index is 12.6. The molecule has 1 rings (SSSR count). The Bertz CT molecular complexity index is 427. The molecule has 0 amide bonds. The third-order valence-electron chi connectivity index (χ3n) is 2.88. The van der Waals surface area contributed by atoms with Crippen LogP contribution >= 0.6 is 15.9 Å². The van der Waals surface area contributed by atoms with Crippen molar-refractivity contribution in [3.63, 3.8) is 0 Å². The average molecular weight is 369 g/mol. The molecule has 1 aromatic carbocycles. The van der Waals surface area contributed by atoms with Crippen molar-refractivity contribution in [3.8, 4) is 0 Å². The van der Waals surface area contributed by atoms with Crippen LogP contribution in [0.4, 0.5) is 13.2 Å². The highest BCUT2D eigenvalue weighted by atomic mass is 79.9. The van der Waals surface area contributed by atoms with Crippen LogP contribution in [0.15, 0.2) is 22.7 Å². The smallest absolute Gasteiger partial charge is 0.383 e. The summed E-state index contributed by atoms with van der Waals surface area (Å²) in [6, 6.07) is 3.69. The predicted molar refractivity (Wildman–Crippen MR) is 80.2 cm³/mol. The summed E-state index contributed by atoms with van der Waals surface area (Å²) in [5.41, 5.74) is -0.0131. The van der Waals surface area contributed by atoms with E-state index in [0.717, 1.165) is 32.1 Å². The van der Waals surface area contributed by atoms with E-state index in [1.807, 2.05) is 0 Å². The molecule has 0 heterocycles. The van der Waals surface area contributed by atoms with Gasteiger partial charge in [0.05, 0.1) is 12.2 Å². The molecule has 120 valence electrons. The van der Waals surface area contributed by atoms with Gasteiger partial charge < -0.3 is 15.4 Å². The number of ether oxygens (including phenoxy) is 1. The van der Waals surface area contributed by atoms with Crippen LogP contribution in [0.2, 0.25) is 0 Å². The Morgan fingerprint density at radius 1 is 1.14 bits per heavy atom. The topological polar surface area (TPSA) is 33.3 Å². The van der Waals surface area contributed by atoms with E-state index in [2.05, 4.69) is 26.6 Å². The molecule has 0 aliphatic rings. The Morgan fingerprint density at radius 3 is 2.52 bits per heavy atom. The van der Waals surface area contributed by atoms with E-state index in [9.17, 15) is 13.2 Å². The summed E-state index contributed by atoms with van der Waals surface area (Å²) >= 11 is 3.27. The van der Waals surface area contributed by atoms with E-state index in [1.54, 1.807) is 7.11 Å². The number of rotatable bonds is 9. The Labute approximate surface area is 131 Å². The molecule has 0 spiro atoms. The minimum Gasteiger partial charge on any atom is -0.383 e. The Balaban J connectivity index is 2.32. The Kier molecular flexibility index (Phi) is 8.24. The summed E-state index contributed by atoms with van der Waals surface area (Å²) in [5, 5.41) is 6.35. The van der Waals surface area contributed by atoms with Gasteiger partial charge in [0.25, 0.3) is 0 Å². The molecule has 0 radical (unpaired) electrons. The Hall–Kier alpha value is -0.630. The third kappa shape index (κ3) is 7.26. The molecule has 0 saturated carbocycles. The number of alkyl halides is 3. The van der Waals surface area contributed by atoms with E-state index < -0.39 is 11.7 Å². The van der Waals surface area contributed by atoms with Gasteiger partial charge in [-0.15, -0.1) is 0 Å². The predicted octanol–water partition coefficient (Wildman–Crippen LogP) is 3.18. The van der Waals surface area contributed by atoms with Gasteiger partial charge in [0, 0.05) is 24.7 Å². The lowest BCUT2D eigenvalue weighted by Gasteiger charge is -2.11. The van der Waals surface area contributed by atoms with Crippen LogP contribution in [-0.2, 0) is 17.5 Å². The molecule has 0 saturated heterocycles. The molecule has 0 atom stereocenters. The summed E-state index contributed by atoms with van der Waals surface area (Å²) in [4.78, 5) is 0. The van der Waals surface area contributed by atoms with Crippen molar-refractivity contribution in [1.29, 1.82) is 0 Å². The van der Waals surface area contributed by atoms with E-state index in [1.165, 1.54) is 12.1 Å². The number of hydrogen-bond donors (Lipinski definition) is 2. The van der Waals surface area contributed by atoms with Crippen LogP contribution < -0.4 is 10.6 Å². The highest BCUT2D eigenvalue weighted by Gasteiger charge is 2.30. The van der Waals surface area contributed by atoms with Crippen LogP contribution in [0.25, 0.3) is 0 Å². The molecule has 0 fully saturated rings. The average Bonchev–Trinajstić information content (AvgIpc) is 2.42. The van der Waals surface area contributed by atoms with Crippen molar-refractivity contribution in [2.24, 2.45) is 0 Å². The minimum absolute atomic E-state index is 0.405. The van der Waals surface area contributed by atoms with Gasteiger partial charge in [-0.25, -0.2) is 0 Å². The fraction of sp³-hybridized carbons (Fsp3) is 0.571. The second kappa shape index (κ2) is 9.40. The van der Waals surface area contributed by atoms with Gasteiger partial charge in [0.1, 0.15) is 0 Å². The molecule has 2 N–H and O–H groups in total. The fourth-order valence-corrected chi connectivity index (χ4v) is 2.13. The van der Waals surface area contributed by atoms with Gasteiger partial charge in [-0.3, -0.25) is 0 Å². The molecular weight excluding hydrogens is 349 g/mol. The molecule has 7 heteroatoms. The first-order valence-corrected chi connectivity index (χ1v) is 7.50. The van der Waals surface area contributed by atoms with Crippen molar-refractivity contribution in [1.82, 2.24) is 10.6 Å². The lowest BCUT2D eigenvalue weighted by molar-refractivity contribution is -0.137. The summed E-state index contributed by atoms with van der Waals surface area (Å²) < 4.78 is 43.5. The Morgan fingerprint density at radius 2 is 1.86 bits per heavy atom. The van der Waals surface area contributed by atoms with E-state index in [-0.39, 0.29) is 0 Å². The van der Waals surface area contributed by atoms with Crippen molar-refractivity contribution in [2.45, 2.75) is 19.1 Å². The normalized spacial score (nSPS) is 11.9. The zero-order valence-electron chi connectivity index (χ0n) is 11.9. The zero-order chi connectivity index (χ0) is 15.7. The first kappa shape index (κ1) is 18.4.